The molecule has 1 atom stereocenters. The molecule has 1 aromatic rings. The number of rotatable bonds is 3. The molecule has 1 aromatic carbocycles. The number of phenols is 2. The summed E-state index contributed by atoms with van der Waals surface area (Å²) in [5, 5.41) is 18.8. The van der Waals surface area contributed by atoms with Gasteiger partial charge >= 0.3 is 0 Å². The predicted octanol–water partition coefficient (Wildman–Crippen LogP) is 2.13. The fourth-order valence-electron chi connectivity index (χ4n) is 1.19. The second kappa shape index (κ2) is 4.33. The van der Waals surface area contributed by atoms with Crippen LogP contribution in [0.15, 0.2) is 12.1 Å². The molecule has 2 N–H and O–H groups in total. The third-order valence-corrected chi connectivity index (χ3v) is 2.19. The van der Waals surface area contributed by atoms with Crippen molar-refractivity contribution in [3.8, 4) is 11.5 Å². The maximum Gasteiger partial charge on any atom is 0.137 e. The summed E-state index contributed by atoms with van der Waals surface area (Å²) >= 11 is 5.65. The zero-order valence-corrected chi connectivity index (χ0v) is 8.45. The van der Waals surface area contributed by atoms with Gasteiger partial charge in [-0.1, -0.05) is 18.5 Å². The fraction of sp³-hybridized carbons (Fsp3) is 0.300. The first kappa shape index (κ1) is 10.9. The molecule has 4 heteroatoms. The lowest BCUT2D eigenvalue weighted by atomic mass is 10.0. The molecule has 0 spiro atoms. The van der Waals surface area contributed by atoms with Gasteiger partial charge in [0.2, 0.25) is 0 Å². The summed E-state index contributed by atoms with van der Waals surface area (Å²) in [6.45, 7) is 1.73. The van der Waals surface area contributed by atoms with E-state index >= 15 is 0 Å². The summed E-state index contributed by atoms with van der Waals surface area (Å²) in [4.78, 5) is 10.4. The number of aromatic hydroxyl groups is 2. The van der Waals surface area contributed by atoms with E-state index in [9.17, 15) is 15.0 Å². The summed E-state index contributed by atoms with van der Waals surface area (Å²) in [5.41, 5.74) is 0.481. The van der Waals surface area contributed by atoms with Crippen molar-refractivity contribution in [1.82, 2.24) is 0 Å². The lowest BCUT2D eigenvalue weighted by molar-refractivity contribution is -0.110. The molecular formula is C10H11ClO3. The minimum Gasteiger partial charge on any atom is -0.508 e. The van der Waals surface area contributed by atoms with E-state index in [1.165, 1.54) is 12.1 Å². The molecule has 0 fully saturated rings. The topological polar surface area (TPSA) is 57.5 Å². The normalized spacial score (nSPS) is 12.4. The minimum atomic E-state index is -0.209. The number of halogens is 1. The quantitative estimate of drug-likeness (QED) is 0.599. The van der Waals surface area contributed by atoms with Crippen LogP contribution in [0.2, 0.25) is 5.02 Å². The average Bonchev–Trinajstić information content (AvgIpc) is 2.13. The summed E-state index contributed by atoms with van der Waals surface area (Å²) in [6, 6.07) is 2.66. The van der Waals surface area contributed by atoms with Crippen LogP contribution in [0.1, 0.15) is 12.5 Å². The fourth-order valence-corrected chi connectivity index (χ4v) is 1.42. The Bertz CT molecular complexity index is 349. The number of carbonyl (C=O) groups excluding carboxylic acids is 1. The molecule has 0 heterocycles. The Balaban J connectivity index is 3.01. The summed E-state index contributed by atoms with van der Waals surface area (Å²) in [6.07, 6.45) is 1.15. The second-order valence-electron chi connectivity index (χ2n) is 3.25. The first-order valence-electron chi connectivity index (χ1n) is 4.20. The lowest BCUT2D eigenvalue weighted by Crippen LogP contribution is -2.00. The van der Waals surface area contributed by atoms with Gasteiger partial charge in [-0.15, -0.1) is 0 Å². The lowest BCUT2D eigenvalue weighted by Gasteiger charge is -2.08. The van der Waals surface area contributed by atoms with Crippen LogP contribution in [0.4, 0.5) is 0 Å². The Hall–Kier alpha value is -1.22. The molecule has 0 aliphatic carbocycles. The molecule has 0 amide bonds. The Morgan fingerprint density at radius 2 is 2.14 bits per heavy atom. The monoisotopic (exact) mass is 214 g/mol. The van der Waals surface area contributed by atoms with E-state index in [1.54, 1.807) is 6.92 Å². The second-order valence-corrected chi connectivity index (χ2v) is 3.66. The molecule has 0 aliphatic heterocycles. The third-order valence-electron chi connectivity index (χ3n) is 1.90. The van der Waals surface area contributed by atoms with Gasteiger partial charge in [-0.2, -0.15) is 0 Å². The van der Waals surface area contributed by atoms with E-state index in [4.69, 9.17) is 11.6 Å². The van der Waals surface area contributed by atoms with E-state index in [0.29, 0.717) is 12.0 Å². The standard InChI is InChI=1S/C10H11ClO3/c1-6(5-12)2-7-3-8(13)4-9(11)10(7)14/h3-6,13-14H,2H2,1H3. The molecule has 0 aliphatic rings. The maximum absolute atomic E-state index is 10.4. The molecule has 76 valence electrons. The van der Waals surface area contributed by atoms with Gasteiger partial charge in [0, 0.05) is 12.0 Å². The predicted molar refractivity (Wildman–Crippen MR) is 53.7 cm³/mol. The van der Waals surface area contributed by atoms with Crippen LogP contribution >= 0.6 is 11.6 Å². The molecule has 1 unspecified atom stereocenters. The minimum absolute atomic E-state index is 0.0131. The van der Waals surface area contributed by atoms with Crippen molar-refractivity contribution in [2.45, 2.75) is 13.3 Å². The number of hydrogen-bond acceptors (Lipinski definition) is 3. The first-order chi connectivity index (χ1) is 6.54. The molecule has 0 saturated heterocycles. The van der Waals surface area contributed by atoms with Gasteiger partial charge in [-0.25, -0.2) is 0 Å². The van der Waals surface area contributed by atoms with Crippen LogP contribution in [0, 0.1) is 5.92 Å². The number of aldehydes is 1. The highest BCUT2D eigenvalue weighted by molar-refractivity contribution is 6.32. The highest BCUT2D eigenvalue weighted by atomic mass is 35.5. The number of hydrogen-bond donors (Lipinski definition) is 2. The zero-order valence-electron chi connectivity index (χ0n) is 7.70. The molecule has 3 nitrogen and oxygen atoms in total. The molecule has 0 bridgehead atoms. The first-order valence-corrected chi connectivity index (χ1v) is 4.58. The van der Waals surface area contributed by atoms with E-state index in [1.807, 2.05) is 0 Å². The van der Waals surface area contributed by atoms with Gasteiger partial charge in [0.1, 0.15) is 17.8 Å². The van der Waals surface area contributed by atoms with E-state index in [0.717, 1.165) is 6.29 Å². The van der Waals surface area contributed by atoms with Crippen molar-refractivity contribution in [2.24, 2.45) is 5.92 Å². The van der Waals surface area contributed by atoms with Crippen molar-refractivity contribution >= 4 is 17.9 Å². The SMILES string of the molecule is CC(C=O)Cc1cc(O)cc(Cl)c1O. The van der Waals surface area contributed by atoms with Gasteiger partial charge in [-0.05, 0) is 18.1 Å². The van der Waals surface area contributed by atoms with E-state index in [2.05, 4.69) is 0 Å². The summed E-state index contributed by atoms with van der Waals surface area (Å²) in [7, 11) is 0. The van der Waals surface area contributed by atoms with Crippen LogP contribution < -0.4 is 0 Å². The summed E-state index contributed by atoms with van der Waals surface area (Å²) < 4.78 is 0. The van der Waals surface area contributed by atoms with Gasteiger partial charge in [0.05, 0.1) is 5.02 Å². The molecule has 1 rings (SSSR count). The number of phenolic OH excluding ortho intramolecular Hbond substituents is 2. The van der Waals surface area contributed by atoms with Crippen LogP contribution in [0.3, 0.4) is 0 Å². The summed E-state index contributed by atoms with van der Waals surface area (Å²) in [5.74, 6) is -0.294. The average molecular weight is 215 g/mol. The van der Waals surface area contributed by atoms with Crippen molar-refractivity contribution in [2.75, 3.05) is 0 Å². The van der Waals surface area contributed by atoms with Gasteiger partial charge in [-0.3, -0.25) is 0 Å². The van der Waals surface area contributed by atoms with Crippen LogP contribution in [-0.4, -0.2) is 16.5 Å². The van der Waals surface area contributed by atoms with Gasteiger partial charge in [0.25, 0.3) is 0 Å². The Kier molecular flexibility index (Phi) is 3.36. The van der Waals surface area contributed by atoms with Gasteiger partial charge < -0.3 is 15.0 Å². The molecule has 0 saturated carbocycles. The van der Waals surface area contributed by atoms with Crippen LogP contribution in [0.5, 0.6) is 11.5 Å². The molecule has 14 heavy (non-hydrogen) atoms. The number of benzene rings is 1. The Morgan fingerprint density at radius 1 is 1.50 bits per heavy atom. The zero-order chi connectivity index (χ0) is 10.7. The Morgan fingerprint density at radius 3 is 2.71 bits per heavy atom. The largest absolute Gasteiger partial charge is 0.508 e. The van der Waals surface area contributed by atoms with E-state index < -0.39 is 0 Å². The maximum atomic E-state index is 10.4. The highest BCUT2D eigenvalue weighted by Crippen LogP contribution is 2.32. The van der Waals surface area contributed by atoms with E-state index in [-0.39, 0.29) is 22.4 Å². The molecule has 0 aromatic heterocycles. The van der Waals surface area contributed by atoms with Gasteiger partial charge in [0.15, 0.2) is 0 Å². The van der Waals surface area contributed by atoms with Crippen molar-refractivity contribution in [3.63, 3.8) is 0 Å². The van der Waals surface area contributed by atoms with Crippen molar-refractivity contribution < 1.29 is 15.0 Å². The third kappa shape index (κ3) is 2.39. The van der Waals surface area contributed by atoms with Crippen LogP contribution in [-0.2, 0) is 11.2 Å². The van der Waals surface area contributed by atoms with Crippen molar-refractivity contribution in [3.05, 3.63) is 22.7 Å². The smallest absolute Gasteiger partial charge is 0.137 e. The molecule has 0 radical (unpaired) electrons. The van der Waals surface area contributed by atoms with Crippen molar-refractivity contribution in [1.29, 1.82) is 0 Å². The highest BCUT2D eigenvalue weighted by Gasteiger charge is 2.11. The number of carbonyl (C=O) groups is 1. The molecular weight excluding hydrogens is 204 g/mol. The Labute approximate surface area is 86.9 Å². The van der Waals surface area contributed by atoms with Crippen LogP contribution in [0.25, 0.3) is 0 Å².